The number of fused-ring (bicyclic) bond motifs is 1. The highest BCUT2D eigenvalue weighted by Crippen LogP contribution is 2.27. The molecule has 1 fully saturated rings. The number of nitrogens with one attached hydrogen (secondary N) is 2. The average molecular weight is 187 g/mol. The first kappa shape index (κ1) is 8.00. The Morgan fingerprint density at radius 1 is 1.36 bits per heavy atom. The molecule has 0 aliphatic carbocycles. The van der Waals surface area contributed by atoms with Gasteiger partial charge in [-0.2, -0.15) is 0 Å². The molecule has 1 aliphatic heterocycles. The van der Waals surface area contributed by atoms with Crippen molar-refractivity contribution in [2.75, 3.05) is 13.1 Å². The summed E-state index contributed by atoms with van der Waals surface area (Å²) >= 11 is 0. The first-order valence-electron chi connectivity index (χ1n) is 5.08. The van der Waals surface area contributed by atoms with E-state index in [1.165, 1.54) is 17.5 Å². The Morgan fingerprint density at radius 2 is 2.36 bits per heavy atom. The fraction of sp³-hybridized carbons (Fsp3) is 0.364. The van der Waals surface area contributed by atoms with Crippen molar-refractivity contribution < 1.29 is 0 Å². The smallest absolute Gasteiger partial charge is 0.0881 e. The molecule has 1 atom stereocenters. The van der Waals surface area contributed by atoms with E-state index in [1.54, 1.807) is 0 Å². The zero-order valence-corrected chi connectivity index (χ0v) is 7.96. The predicted molar refractivity (Wildman–Crippen MR) is 56.3 cm³/mol. The molecule has 0 radical (unpaired) electrons. The van der Waals surface area contributed by atoms with Gasteiger partial charge in [0.2, 0.25) is 0 Å². The fourth-order valence-electron chi connectivity index (χ4n) is 2.24. The van der Waals surface area contributed by atoms with Crippen LogP contribution in [-0.2, 0) is 0 Å². The molecule has 3 rings (SSSR count). The van der Waals surface area contributed by atoms with Crippen molar-refractivity contribution in [2.24, 2.45) is 0 Å². The Hall–Kier alpha value is -1.35. The molecule has 72 valence electrons. The van der Waals surface area contributed by atoms with E-state index in [0.29, 0.717) is 5.92 Å². The van der Waals surface area contributed by atoms with E-state index in [-0.39, 0.29) is 0 Å². The average Bonchev–Trinajstić information content (AvgIpc) is 2.88. The van der Waals surface area contributed by atoms with Gasteiger partial charge in [0.1, 0.15) is 0 Å². The number of hydrogen-bond acceptors (Lipinski definition) is 2. The molecule has 0 aromatic carbocycles. The number of nitrogens with zero attached hydrogens (tertiary/aromatic N) is 1. The van der Waals surface area contributed by atoms with Crippen molar-refractivity contribution >= 4 is 11.0 Å². The van der Waals surface area contributed by atoms with Crippen LogP contribution >= 0.6 is 0 Å². The van der Waals surface area contributed by atoms with Crippen LogP contribution in [0.5, 0.6) is 0 Å². The molecular weight excluding hydrogens is 174 g/mol. The van der Waals surface area contributed by atoms with Gasteiger partial charge in [0, 0.05) is 18.9 Å². The molecule has 2 aromatic heterocycles. The molecule has 1 saturated heterocycles. The molecule has 3 nitrogen and oxygen atoms in total. The topological polar surface area (TPSA) is 40.7 Å². The van der Waals surface area contributed by atoms with E-state index in [9.17, 15) is 0 Å². The molecule has 3 heteroatoms. The summed E-state index contributed by atoms with van der Waals surface area (Å²) in [5.41, 5.74) is 3.70. The van der Waals surface area contributed by atoms with Gasteiger partial charge in [-0.05, 0) is 36.6 Å². The zero-order chi connectivity index (χ0) is 9.38. The van der Waals surface area contributed by atoms with Crippen LogP contribution in [0.2, 0.25) is 0 Å². The number of pyridine rings is 1. The first-order chi connectivity index (χ1) is 6.95. The van der Waals surface area contributed by atoms with Crippen LogP contribution in [0.3, 0.4) is 0 Å². The quantitative estimate of drug-likeness (QED) is 0.712. The van der Waals surface area contributed by atoms with Crippen molar-refractivity contribution in [3.05, 3.63) is 30.1 Å². The molecule has 1 aliphatic rings. The van der Waals surface area contributed by atoms with Crippen molar-refractivity contribution in [1.82, 2.24) is 15.3 Å². The van der Waals surface area contributed by atoms with E-state index in [4.69, 9.17) is 0 Å². The van der Waals surface area contributed by atoms with Crippen LogP contribution in [0.15, 0.2) is 24.5 Å². The molecule has 1 unspecified atom stereocenters. The number of aromatic nitrogens is 2. The molecule has 3 heterocycles. The number of hydrogen-bond donors (Lipinski definition) is 2. The van der Waals surface area contributed by atoms with Crippen molar-refractivity contribution in [3.8, 4) is 0 Å². The lowest BCUT2D eigenvalue weighted by molar-refractivity contribution is 0.767. The van der Waals surface area contributed by atoms with E-state index >= 15 is 0 Å². The summed E-state index contributed by atoms with van der Waals surface area (Å²) in [5, 5.41) is 3.39. The van der Waals surface area contributed by atoms with Crippen LogP contribution in [0.4, 0.5) is 0 Å². The SMILES string of the molecule is c1cc(C2CCNC2)c2[nH]ccc2n1. The maximum absolute atomic E-state index is 4.32. The fourth-order valence-corrected chi connectivity index (χ4v) is 2.24. The predicted octanol–water partition coefficient (Wildman–Crippen LogP) is 1.64. The van der Waals surface area contributed by atoms with Gasteiger partial charge in [-0.1, -0.05) is 0 Å². The summed E-state index contributed by atoms with van der Waals surface area (Å²) < 4.78 is 0. The molecule has 0 amide bonds. The Labute approximate surface area is 82.5 Å². The van der Waals surface area contributed by atoms with Gasteiger partial charge in [-0.3, -0.25) is 4.98 Å². The van der Waals surface area contributed by atoms with Crippen LogP contribution in [-0.4, -0.2) is 23.1 Å². The van der Waals surface area contributed by atoms with E-state index in [0.717, 1.165) is 18.6 Å². The first-order valence-corrected chi connectivity index (χ1v) is 5.08. The van der Waals surface area contributed by atoms with E-state index in [1.807, 2.05) is 18.5 Å². The Kier molecular flexibility index (Phi) is 1.77. The third kappa shape index (κ3) is 1.13. The molecule has 2 aromatic rings. The monoisotopic (exact) mass is 187 g/mol. The Morgan fingerprint density at radius 3 is 3.21 bits per heavy atom. The molecule has 14 heavy (non-hydrogen) atoms. The van der Waals surface area contributed by atoms with Crippen LogP contribution in [0.1, 0.15) is 17.9 Å². The van der Waals surface area contributed by atoms with Gasteiger partial charge in [0.15, 0.2) is 0 Å². The zero-order valence-electron chi connectivity index (χ0n) is 7.96. The summed E-state index contributed by atoms with van der Waals surface area (Å²) in [4.78, 5) is 7.60. The number of H-pyrrole nitrogens is 1. The highest BCUT2D eigenvalue weighted by atomic mass is 14.9. The number of aromatic amines is 1. The second-order valence-corrected chi connectivity index (χ2v) is 3.83. The maximum Gasteiger partial charge on any atom is 0.0881 e. The van der Waals surface area contributed by atoms with E-state index < -0.39 is 0 Å². The van der Waals surface area contributed by atoms with Gasteiger partial charge >= 0.3 is 0 Å². The van der Waals surface area contributed by atoms with Crippen LogP contribution < -0.4 is 5.32 Å². The minimum Gasteiger partial charge on any atom is -0.360 e. The molecular formula is C11H13N3. The van der Waals surface area contributed by atoms with E-state index in [2.05, 4.69) is 21.4 Å². The molecule has 2 N–H and O–H groups in total. The third-order valence-electron chi connectivity index (χ3n) is 2.98. The summed E-state index contributed by atoms with van der Waals surface area (Å²) in [5.74, 6) is 0.652. The summed E-state index contributed by atoms with van der Waals surface area (Å²) in [7, 11) is 0. The summed E-state index contributed by atoms with van der Waals surface area (Å²) in [6, 6.07) is 4.16. The molecule has 0 spiro atoms. The Balaban J connectivity index is 2.14. The molecule has 0 bridgehead atoms. The van der Waals surface area contributed by atoms with Gasteiger partial charge in [0.25, 0.3) is 0 Å². The highest BCUT2D eigenvalue weighted by Gasteiger charge is 2.18. The van der Waals surface area contributed by atoms with Gasteiger partial charge in [0.05, 0.1) is 11.0 Å². The van der Waals surface area contributed by atoms with Gasteiger partial charge in [-0.15, -0.1) is 0 Å². The van der Waals surface area contributed by atoms with Crippen LogP contribution in [0.25, 0.3) is 11.0 Å². The minimum atomic E-state index is 0.652. The minimum absolute atomic E-state index is 0.652. The summed E-state index contributed by atoms with van der Waals surface area (Å²) in [6.07, 6.45) is 5.10. The largest absolute Gasteiger partial charge is 0.360 e. The third-order valence-corrected chi connectivity index (χ3v) is 2.98. The second-order valence-electron chi connectivity index (χ2n) is 3.83. The van der Waals surface area contributed by atoms with Crippen LogP contribution in [0, 0.1) is 0 Å². The lowest BCUT2D eigenvalue weighted by atomic mass is 9.98. The summed E-state index contributed by atoms with van der Waals surface area (Å²) in [6.45, 7) is 2.23. The standard InChI is InChI=1S/C11H13N3/c1-4-12-7-8(1)9-2-5-13-10-3-6-14-11(9)10/h2-3,5-6,8,12,14H,1,4,7H2. The van der Waals surface area contributed by atoms with Crippen molar-refractivity contribution in [3.63, 3.8) is 0 Å². The van der Waals surface area contributed by atoms with Gasteiger partial charge in [-0.25, -0.2) is 0 Å². The number of rotatable bonds is 1. The maximum atomic E-state index is 4.32. The van der Waals surface area contributed by atoms with Crippen molar-refractivity contribution in [1.29, 1.82) is 0 Å². The Bertz CT molecular complexity index is 440. The lowest BCUT2D eigenvalue weighted by Gasteiger charge is -2.09. The highest BCUT2D eigenvalue weighted by molar-refractivity contribution is 5.78. The lowest BCUT2D eigenvalue weighted by Crippen LogP contribution is -2.08. The van der Waals surface area contributed by atoms with Crippen molar-refractivity contribution in [2.45, 2.75) is 12.3 Å². The molecule has 0 saturated carbocycles. The normalized spacial score (nSPS) is 21.9. The second kappa shape index (κ2) is 3.10. The van der Waals surface area contributed by atoms with Gasteiger partial charge < -0.3 is 10.3 Å².